The molecule has 1 saturated heterocycles. The fourth-order valence-corrected chi connectivity index (χ4v) is 1.70. The van der Waals surface area contributed by atoms with Crippen LogP contribution in [-0.2, 0) is 0 Å². The fraction of sp³-hybridized carbons (Fsp3) is 0.500. The van der Waals surface area contributed by atoms with Gasteiger partial charge in [0.1, 0.15) is 12.0 Å². The summed E-state index contributed by atoms with van der Waals surface area (Å²) in [6.07, 6.45) is 3.87. The molecule has 0 aliphatic carbocycles. The number of rotatable bonds is 2. The predicted molar refractivity (Wildman–Crippen MR) is 57.4 cm³/mol. The lowest BCUT2D eigenvalue weighted by atomic mass is 10.1. The molecule has 1 atom stereocenters. The van der Waals surface area contributed by atoms with Crippen LogP contribution >= 0.6 is 0 Å². The molecular formula is C12H17NO. The molecule has 0 radical (unpaired) electrons. The second kappa shape index (κ2) is 4.47. The van der Waals surface area contributed by atoms with E-state index in [2.05, 4.69) is 24.4 Å². The third-order valence-corrected chi connectivity index (χ3v) is 2.56. The van der Waals surface area contributed by atoms with E-state index in [4.69, 9.17) is 4.74 Å². The summed E-state index contributed by atoms with van der Waals surface area (Å²) in [5.74, 6) is 0.968. The van der Waals surface area contributed by atoms with Crippen molar-refractivity contribution in [3.63, 3.8) is 0 Å². The number of piperidine rings is 1. The van der Waals surface area contributed by atoms with Gasteiger partial charge in [0.25, 0.3) is 0 Å². The Labute approximate surface area is 85.3 Å². The number of nitrogens with one attached hydrogen (secondary N) is 1. The van der Waals surface area contributed by atoms with Gasteiger partial charge in [0, 0.05) is 0 Å². The molecule has 2 nitrogen and oxygen atoms in total. The summed E-state index contributed by atoms with van der Waals surface area (Å²) in [4.78, 5) is 0. The first-order chi connectivity index (χ1) is 6.84. The molecule has 0 spiro atoms. The number of benzene rings is 1. The smallest absolute Gasteiger partial charge is 0.150 e. The minimum Gasteiger partial charge on any atom is -0.475 e. The molecule has 76 valence electrons. The van der Waals surface area contributed by atoms with Crippen molar-refractivity contribution in [2.45, 2.75) is 32.4 Å². The highest BCUT2D eigenvalue weighted by molar-refractivity contribution is 5.26. The molecule has 1 aromatic rings. The molecule has 0 bridgehead atoms. The van der Waals surface area contributed by atoms with Crippen LogP contribution in [0.3, 0.4) is 0 Å². The maximum Gasteiger partial charge on any atom is 0.150 e. The highest BCUT2D eigenvalue weighted by Gasteiger charge is 2.13. The zero-order chi connectivity index (χ0) is 9.80. The van der Waals surface area contributed by atoms with E-state index in [1.165, 1.54) is 18.4 Å². The summed E-state index contributed by atoms with van der Waals surface area (Å²) >= 11 is 0. The first-order valence-corrected chi connectivity index (χ1v) is 5.31. The Morgan fingerprint density at radius 2 is 2.00 bits per heavy atom. The van der Waals surface area contributed by atoms with Crippen molar-refractivity contribution in [2.75, 3.05) is 6.54 Å². The second-order valence-corrected chi connectivity index (χ2v) is 3.87. The molecule has 1 heterocycles. The molecule has 0 aromatic heterocycles. The average Bonchev–Trinajstić information content (AvgIpc) is 2.23. The zero-order valence-corrected chi connectivity index (χ0v) is 8.62. The predicted octanol–water partition coefficient (Wildman–Crippen LogP) is 2.47. The van der Waals surface area contributed by atoms with Gasteiger partial charge in [0.15, 0.2) is 0 Å². The molecule has 0 saturated carbocycles. The van der Waals surface area contributed by atoms with E-state index in [0.29, 0.717) is 0 Å². The van der Waals surface area contributed by atoms with Crippen LogP contribution < -0.4 is 10.1 Å². The van der Waals surface area contributed by atoms with Gasteiger partial charge in [-0.15, -0.1) is 0 Å². The van der Waals surface area contributed by atoms with Crippen molar-refractivity contribution in [3.8, 4) is 5.75 Å². The average molecular weight is 191 g/mol. The topological polar surface area (TPSA) is 21.3 Å². The van der Waals surface area contributed by atoms with Crippen molar-refractivity contribution in [3.05, 3.63) is 29.8 Å². The van der Waals surface area contributed by atoms with E-state index in [9.17, 15) is 0 Å². The molecule has 1 N–H and O–H groups in total. The highest BCUT2D eigenvalue weighted by atomic mass is 16.5. The molecular weight excluding hydrogens is 174 g/mol. The Kier molecular flexibility index (Phi) is 3.04. The summed E-state index contributed by atoms with van der Waals surface area (Å²) in [6, 6.07) is 8.23. The minimum atomic E-state index is 0.214. The van der Waals surface area contributed by atoms with Crippen LogP contribution in [0.2, 0.25) is 0 Å². The first kappa shape index (κ1) is 9.53. The van der Waals surface area contributed by atoms with E-state index in [1.54, 1.807) is 0 Å². The first-order valence-electron chi connectivity index (χ1n) is 5.31. The van der Waals surface area contributed by atoms with Crippen LogP contribution in [0.15, 0.2) is 24.3 Å². The van der Waals surface area contributed by atoms with Crippen molar-refractivity contribution >= 4 is 0 Å². The maximum absolute atomic E-state index is 5.80. The molecule has 1 aromatic carbocycles. The molecule has 1 aliphatic rings. The van der Waals surface area contributed by atoms with Gasteiger partial charge in [0.2, 0.25) is 0 Å². The van der Waals surface area contributed by atoms with Crippen LogP contribution in [0.4, 0.5) is 0 Å². The number of aryl methyl sites for hydroxylation is 1. The summed E-state index contributed by atoms with van der Waals surface area (Å²) in [6.45, 7) is 3.17. The van der Waals surface area contributed by atoms with Crippen LogP contribution in [0, 0.1) is 6.92 Å². The fourth-order valence-electron chi connectivity index (χ4n) is 1.70. The molecule has 1 unspecified atom stereocenters. The maximum atomic E-state index is 5.80. The number of ether oxygens (including phenoxy) is 1. The molecule has 14 heavy (non-hydrogen) atoms. The summed E-state index contributed by atoms with van der Waals surface area (Å²) < 4.78 is 5.80. The minimum absolute atomic E-state index is 0.214. The van der Waals surface area contributed by atoms with Crippen molar-refractivity contribution in [1.82, 2.24) is 5.32 Å². The summed E-state index contributed by atoms with van der Waals surface area (Å²) in [7, 11) is 0. The van der Waals surface area contributed by atoms with Crippen molar-refractivity contribution in [2.24, 2.45) is 0 Å². The van der Waals surface area contributed by atoms with Gasteiger partial charge in [-0.1, -0.05) is 17.7 Å². The SMILES string of the molecule is Cc1ccc(OC2CCCCN2)cc1. The van der Waals surface area contributed by atoms with E-state index in [0.717, 1.165) is 18.7 Å². The van der Waals surface area contributed by atoms with Gasteiger partial charge in [0.05, 0.1) is 0 Å². The van der Waals surface area contributed by atoms with Crippen molar-refractivity contribution < 1.29 is 4.74 Å². The van der Waals surface area contributed by atoms with E-state index < -0.39 is 0 Å². The second-order valence-electron chi connectivity index (χ2n) is 3.87. The van der Waals surface area contributed by atoms with E-state index >= 15 is 0 Å². The molecule has 2 heteroatoms. The molecule has 1 fully saturated rings. The van der Waals surface area contributed by atoms with Gasteiger partial charge in [-0.3, -0.25) is 5.32 Å². The Morgan fingerprint density at radius 1 is 1.21 bits per heavy atom. The highest BCUT2D eigenvalue weighted by Crippen LogP contribution is 2.16. The van der Waals surface area contributed by atoms with E-state index in [1.807, 2.05) is 12.1 Å². The standard InChI is InChI=1S/C12H17NO/c1-10-5-7-11(8-6-10)14-12-4-2-3-9-13-12/h5-8,12-13H,2-4,9H2,1H3. The van der Waals surface area contributed by atoms with E-state index in [-0.39, 0.29) is 6.23 Å². The Morgan fingerprint density at radius 3 is 2.64 bits per heavy atom. The quantitative estimate of drug-likeness (QED) is 0.775. The molecule has 0 amide bonds. The Hall–Kier alpha value is -1.02. The van der Waals surface area contributed by atoms with Crippen LogP contribution in [0.5, 0.6) is 5.75 Å². The lowest BCUT2D eigenvalue weighted by Crippen LogP contribution is -2.38. The third kappa shape index (κ3) is 2.48. The van der Waals surface area contributed by atoms with Crippen molar-refractivity contribution in [1.29, 1.82) is 0 Å². The van der Waals surface area contributed by atoms with Crippen LogP contribution in [0.25, 0.3) is 0 Å². The van der Waals surface area contributed by atoms with Gasteiger partial charge in [-0.2, -0.15) is 0 Å². The van der Waals surface area contributed by atoms with Crippen LogP contribution in [0.1, 0.15) is 24.8 Å². The Balaban J connectivity index is 1.92. The van der Waals surface area contributed by atoms with Crippen LogP contribution in [-0.4, -0.2) is 12.8 Å². The lowest BCUT2D eigenvalue weighted by molar-refractivity contribution is 0.132. The van der Waals surface area contributed by atoms with Gasteiger partial charge >= 0.3 is 0 Å². The number of hydrogen-bond acceptors (Lipinski definition) is 2. The Bertz CT molecular complexity index is 275. The lowest BCUT2D eigenvalue weighted by Gasteiger charge is -2.24. The monoisotopic (exact) mass is 191 g/mol. The zero-order valence-electron chi connectivity index (χ0n) is 8.62. The summed E-state index contributed by atoms with van der Waals surface area (Å²) in [5.41, 5.74) is 1.27. The van der Waals surface area contributed by atoms with Gasteiger partial charge in [-0.25, -0.2) is 0 Å². The largest absolute Gasteiger partial charge is 0.475 e. The number of hydrogen-bond donors (Lipinski definition) is 1. The summed E-state index contributed by atoms with van der Waals surface area (Å²) in [5, 5.41) is 3.36. The molecule has 2 rings (SSSR count). The third-order valence-electron chi connectivity index (χ3n) is 2.56. The molecule has 1 aliphatic heterocycles. The van der Waals surface area contributed by atoms with Gasteiger partial charge in [-0.05, 0) is 44.9 Å². The normalized spacial score (nSPS) is 21.9. The van der Waals surface area contributed by atoms with Gasteiger partial charge < -0.3 is 4.74 Å².